The first-order valence-corrected chi connectivity index (χ1v) is 6.53. The van der Waals surface area contributed by atoms with Gasteiger partial charge in [-0.3, -0.25) is 4.79 Å². The number of nitrogens with zero attached hydrogens (tertiary/aromatic N) is 1. The van der Waals surface area contributed by atoms with E-state index in [1.165, 1.54) is 7.11 Å². The molecule has 20 heavy (non-hydrogen) atoms. The van der Waals surface area contributed by atoms with Crippen LogP contribution in [-0.2, 0) is 22.5 Å². The van der Waals surface area contributed by atoms with Gasteiger partial charge in [0.25, 0.3) is 0 Å². The molecule has 1 aromatic heterocycles. The van der Waals surface area contributed by atoms with Crippen LogP contribution in [-0.4, -0.2) is 36.5 Å². The molecule has 0 radical (unpaired) electrons. The number of benzene rings is 1. The second-order valence-corrected chi connectivity index (χ2v) is 4.56. The molecule has 0 atom stereocenters. The molecule has 1 heterocycles. The molecular formula is C15H19NO4. The van der Waals surface area contributed by atoms with E-state index in [2.05, 4.69) is 0 Å². The Kier molecular flexibility index (Phi) is 4.63. The zero-order chi connectivity index (χ0) is 14.5. The first-order chi connectivity index (χ1) is 9.69. The standard InChI is InChI=1S/C15H19NO4/c1-19-12-4-5-13-11(8-15(18)20-2)10-16(6-3-7-17)14(13)9-12/h4-5,9-10,17H,3,6-8H2,1-2H3. The summed E-state index contributed by atoms with van der Waals surface area (Å²) in [7, 11) is 3.01. The average Bonchev–Trinajstić information content (AvgIpc) is 2.82. The van der Waals surface area contributed by atoms with Crippen LogP contribution < -0.4 is 4.74 Å². The molecule has 5 heteroatoms. The lowest BCUT2D eigenvalue weighted by atomic mass is 10.1. The normalized spacial score (nSPS) is 10.8. The Hall–Kier alpha value is -2.01. The van der Waals surface area contributed by atoms with Gasteiger partial charge in [0.1, 0.15) is 5.75 Å². The minimum Gasteiger partial charge on any atom is -0.497 e. The third kappa shape index (κ3) is 2.93. The molecule has 1 N–H and O–H groups in total. The molecule has 0 bridgehead atoms. The zero-order valence-corrected chi connectivity index (χ0v) is 11.8. The van der Waals surface area contributed by atoms with Crippen LogP contribution in [0.25, 0.3) is 10.9 Å². The number of aliphatic hydroxyl groups is 1. The molecule has 0 saturated carbocycles. The van der Waals surface area contributed by atoms with Crippen molar-refractivity contribution in [1.29, 1.82) is 0 Å². The molecule has 0 unspecified atom stereocenters. The van der Waals surface area contributed by atoms with Gasteiger partial charge < -0.3 is 19.1 Å². The summed E-state index contributed by atoms with van der Waals surface area (Å²) in [4.78, 5) is 11.5. The number of rotatable bonds is 6. The van der Waals surface area contributed by atoms with Gasteiger partial charge in [0.05, 0.1) is 26.2 Å². The van der Waals surface area contributed by atoms with Crippen molar-refractivity contribution in [2.24, 2.45) is 0 Å². The van der Waals surface area contributed by atoms with E-state index in [1.807, 2.05) is 29.0 Å². The number of fused-ring (bicyclic) bond motifs is 1. The SMILES string of the molecule is COC(=O)Cc1cn(CCCO)c2cc(OC)ccc12. The van der Waals surface area contributed by atoms with Gasteiger partial charge in [0.2, 0.25) is 0 Å². The molecule has 0 saturated heterocycles. The molecule has 1 aromatic carbocycles. The summed E-state index contributed by atoms with van der Waals surface area (Å²) in [6.07, 6.45) is 2.85. The highest BCUT2D eigenvalue weighted by Crippen LogP contribution is 2.26. The minimum atomic E-state index is -0.262. The van der Waals surface area contributed by atoms with Gasteiger partial charge in [0, 0.05) is 30.8 Å². The van der Waals surface area contributed by atoms with Crippen molar-refractivity contribution >= 4 is 16.9 Å². The first kappa shape index (κ1) is 14.4. The monoisotopic (exact) mass is 277 g/mol. The molecule has 0 fully saturated rings. The lowest BCUT2D eigenvalue weighted by molar-refractivity contribution is -0.139. The summed E-state index contributed by atoms with van der Waals surface area (Å²) in [5, 5.41) is 9.99. The van der Waals surface area contributed by atoms with E-state index in [4.69, 9.17) is 14.6 Å². The van der Waals surface area contributed by atoms with E-state index in [9.17, 15) is 4.79 Å². The summed E-state index contributed by atoms with van der Waals surface area (Å²) in [6, 6.07) is 5.76. The van der Waals surface area contributed by atoms with Crippen LogP contribution in [0, 0.1) is 0 Å². The number of aryl methyl sites for hydroxylation is 1. The molecule has 108 valence electrons. The Morgan fingerprint density at radius 3 is 2.80 bits per heavy atom. The van der Waals surface area contributed by atoms with E-state index in [1.54, 1.807) is 7.11 Å². The number of ether oxygens (including phenoxy) is 2. The number of hydrogen-bond acceptors (Lipinski definition) is 4. The largest absolute Gasteiger partial charge is 0.497 e. The van der Waals surface area contributed by atoms with Gasteiger partial charge in [-0.2, -0.15) is 0 Å². The van der Waals surface area contributed by atoms with Gasteiger partial charge in [0.15, 0.2) is 0 Å². The fourth-order valence-corrected chi connectivity index (χ4v) is 2.27. The Morgan fingerprint density at radius 1 is 1.35 bits per heavy atom. The van der Waals surface area contributed by atoms with Crippen LogP contribution in [0.1, 0.15) is 12.0 Å². The second kappa shape index (κ2) is 6.43. The summed E-state index contributed by atoms with van der Waals surface area (Å²) in [5.41, 5.74) is 1.92. The Morgan fingerprint density at radius 2 is 2.15 bits per heavy atom. The van der Waals surface area contributed by atoms with Crippen molar-refractivity contribution in [3.8, 4) is 5.75 Å². The molecule has 0 amide bonds. The summed E-state index contributed by atoms with van der Waals surface area (Å²) in [5.74, 6) is 0.507. The smallest absolute Gasteiger partial charge is 0.310 e. The number of methoxy groups -OCH3 is 2. The summed E-state index contributed by atoms with van der Waals surface area (Å²) >= 11 is 0. The third-order valence-corrected chi connectivity index (χ3v) is 3.29. The minimum absolute atomic E-state index is 0.135. The predicted molar refractivity (Wildman–Crippen MR) is 75.9 cm³/mol. The molecular weight excluding hydrogens is 258 g/mol. The van der Waals surface area contributed by atoms with Crippen LogP contribution in [0.3, 0.4) is 0 Å². The van der Waals surface area contributed by atoms with Gasteiger partial charge in [-0.25, -0.2) is 0 Å². The maximum Gasteiger partial charge on any atom is 0.310 e. The summed E-state index contributed by atoms with van der Waals surface area (Å²) < 4.78 is 12.0. The fraction of sp³-hybridized carbons (Fsp3) is 0.400. The number of carbonyl (C=O) groups excluding carboxylic acids is 1. The van der Waals surface area contributed by atoms with Crippen molar-refractivity contribution in [3.63, 3.8) is 0 Å². The Balaban J connectivity index is 2.44. The molecule has 0 aliphatic carbocycles. The fourth-order valence-electron chi connectivity index (χ4n) is 2.27. The van der Waals surface area contributed by atoms with Gasteiger partial charge in [-0.05, 0) is 24.1 Å². The topological polar surface area (TPSA) is 60.7 Å². The third-order valence-electron chi connectivity index (χ3n) is 3.29. The van der Waals surface area contributed by atoms with Crippen LogP contribution >= 0.6 is 0 Å². The van der Waals surface area contributed by atoms with Crippen LogP contribution in [0.5, 0.6) is 5.75 Å². The highest BCUT2D eigenvalue weighted by Gasteiger charge is 2.13. The van der Waals surface area contributed by atoms with Crippen LogP contribution in [0.2, 0.25) is 0 Å². The first-order valence-electron chi connectivity index (χ1n) is 6.53. The summed E-state index contributed by atoms with van der Waals surface area (Å²) in [6.45, 7) is 0.831. The van der Waals surface area contributed by atoms with E-state index in [-0.39, 0.29) is 19.0 Å². The number of hydrogen-bond donors (Lipinski definition) is 1. The van der Waals surface area contributed by atoms with E-state index in [0.717, 1.165) is 22.2 Å². The molecule has 2 aromatic rings. The highest BCUT2D eigenvalue weighted by atomic mass is 16.5. The van der Waals surface area contributed by atoms with Crippen LogP contribution in [0.15, 0.2) is 24.4 Å². The Bertz CT molecular complexity index is 603. The molecule has 5 nitrogen and oxygen atoms in total. The van der Waals surface area contributed by atoms with Crippen molar-refractivity contribution in [3.05, 3.63) is 30.0 Å². The maximum absolute atomic E-state index is 11.5. The molecule has 2 rings (SSSR count). The maximum atomic E-state index is 11.5. The quantitative estimate of drug-likeness (QED) is 0.817. The second-order valence-electron chi connectivity index (χ2n) is 4.56. The van der Waals surface area contributed by atoms with Gasteiger partial charge >= 0.3 is 5.97 Å². The van der Waals surface area contributed by atoms with E-state index < -0.39 is 0 Å². The van der Waals surface area contributed by atoms with Crippen molar-refractivity contribution in [2.75, 3.05) is 20.8 Å². The van der Waals surface area contributed by atoms with Gasteiger partial charge in [-0.1, -0.05) is 0 Å². The van der Waals surface area contributed by atoms with Gasteiger partial charge in [-0.15, -0.1) is 0 Å². The van der Waals surface area contributed by atoms with Crippen molar-refractivity contribution < 1.29 is 19.4 Å². The number of carbonyl (C=O) groups is 1. The zero-order valence-electron chi connectivity index (χ0n) is 11.8. The lowest BCUT2D eigenvalue weighted by Crippen LogP contribution is -2.04. The lowest BCUT2D eigenvalue weighted by Gasteiger charge is -2.05. The van der Waals surface area contributed by atoms with Crippen molar-refractivity contribution in [1.82, 2.24) is 4.57 Å². The number of esters is 1. The molecule has 0 aliphatic rings. The predicted octanol–water partition coefficient (Wildman–Crippen LogP) is 1.75. The van der Waals surface area contributed by atoms with E-state index >= 15 is 0 Å². The van der Waals surface area contributed by atoms with E-state index in [0.29, 0.717) is 13.0 Å². The number of aromatic nitrogens is 1. The van der Waals surface area contributed by atoms with Crippen molar-refractivity contribution in [2.45, 2.75) is 19.4 Å². The average molecular weight is 277 g/mol. The highest BCUT2D eigenvalue weighted by molar-refractivity contribution is 5.88. The Labute approximate surface area is 117 Å². The molecule has 0 aliphatic heterocycles. The molecule has 0 spiro atoms. The number of aliphatic hydroxyl groups excluding tert-OH is 1. The van der Waals surface area contributed by atoms with Crippen LogP contribution in [0.4, 0.5) is 0 Å².